The number of fused-ring (bicyclic) bond motifs is 1. The number of rotatable bonds is 6. The third-order valence-electron chi connectivity index (χ3n) is 7.23. The summed E-state index contributed by atoms with van der Waals surface area (Å²) < 4.78 is 11.5. The molecule has 6 rings (SSSR count). The van der Waals surface area contributed by atoms with Crippen molar-refractivity contribution in [2.24, 2.45) is 0 Å². The van der Waals surface area contributed by atoms with Crippen LogP contribution in [0.2, 0.25) is 0 Å². The molecule has 10 heteroatoms. The molecule has 3 heterocycles. The first-order valence-corrected chi connectivity index (χ1v) is 13.4. The Kier molecular flexibility index (Phi) is 7.22. The fourth-order valence-corrected chi connectivity index (χ4v) is 4.85. The highest BCUT2D eigenvalue weighted by Gasteiger charge is 2.27. The quantitative estimate of drug-likeness (QED) is 0.363. The maximum absolute atomic E-state index is 13.2. The Morgan fingerprint density at radius 1 is 0.805 bits per heavy atom. The van der Waals surface area contributed by atoms with E-state index in [0.717, 1.165) is 54.4 Å². The van der Waals surface area contributed by atoms with Crippen LogP contribution in [0.1, 0.15) is 26.3 Å². The summed E-state index contributed by atoms with van der Waals surface area (Å²) in [7, 11) is 2.10. The highest BCUT2D eigenvalue weighted by molar-refractivity contribution is 6.08. The minimum Gasteiger partial charge on any atom is -0.453 e. The topological polar surface area (TPSA) is 109 Å². The van der Waals surface area contributed by atoms with Crippen molar-refractivity contribution in [3.05, 3.63) is 89.5 Å². The van der Waals surface area contributed by atoms with Crippen molar-refractivity contribution in [2.75, 3.05) is 55.6 Å². The van der Waals surface area contributed by atoms with Crippen molar-refractivity contribution in [2.45, 2.75) is 6.92 Å². The van der Waals surface area contributed by atoms with Crippen LogP contribution in [0.5, 0.6) is 11.5 Å². The lowest BCUT2D eigenvalue weighted by Gasteiger charge is -2.32. The van der Waals surface area contributed by atoms with E-state index in [4.69, 9.17) is 9.47 Å². The van der Waals surface area contributed by atoms with Crippen LogP contribution < -0.4 is 25.0 Å². The second-order valence-corrected chi connectivity index (χ2v) is 10.1. The number of aryl methyl sites for hydroxylation is 1. The Labute approximate surface area is 237 Å². The largest absolute Gasteiger partial charge is 0.453 e. The predicted molar refractivity (Wildman–Crippen MR) is 157 cm³/mol. The van der Waals surface area contributed by atoms with E-state index < -0.39 is 0 Å². The van der Waals surface area contributed by atoms with Crippen LogP contribution in [0.15, 0.2) is 72.8 Å². The molecule has 10 nitrogen and oxygen atoms in total. The van der Waals surface area contributed by atoms with E-state index in [0.29, 0.717) is 28.4 Å². The molecule has 0 radical (unpaired) electrons. The summed E-state index contributed by atoms with van der Waals surface area (Å²) in [5.74, 6) is 1.32. The Morgan fingerprint density at radius 3 is 2.34 bits per heavy atom. The first kappa shape index (κ1) is 26.3. The van der Waals surface area contributed by atoms with Crippen molar-refractivity contribution < 1.29 is 19.1 Å². The van der Waals surface area contributed by atoms with Crippen LogP contribution in [-0.4, -0.2) is 66.9 Å². The number of hydrogen-bond donors (Lipinski definition) is 2. The SMILES string of the molecule is Cc1ccc(NC(=O)c2cccc(-c3ccc(C(=O)Nc4ccc(N5CCN(C)CC5)nn4)c4c3OCO4)c2)cc1. The van der Waals surface area contributed by atoms with E-state index in [1.807, 2.05) is 49.4 Å². The summed E-state index contributed by atoms with van der Waals surface area (Å²) in [4.78, 5) is 30.6. The molecule has 0 bridgehead atoms. The third-order valence-corrected chi connectivity index (χ3v) is 7.23. The lowest BCUT2D eigenvalue weighted by molar-refractivity contribution is 0.101. The average molecular weight is 551 g/mol. The average Bonchev–Trinajstić information content (AvgIpc) is 3.49. The molecular formula is C31H30N6O4. The predicted octanol–water partition coefficient (Wildman–Crippen LogP) is 4.44. The van der Waals surface area contributed by atoms with E-state index in [1.54, 1.807) is 30.3 Å². The summed E-state index contributed by atoms with van der Waals surface area (Å²) in [5, 5.41) is 14.2. The molecule has 0 saturated carbocycles. The number of benzene rings is 3. The zero-order chi connectivity index (χ0) is 28.3. The molecule has 3 aromatic carbocycles. The van der Waals surface area contributed by atoms with Gasteiger partial charge in [0.2, 0.25) is 6.79 Å². The van der Waals surface area contributed by atoms with Gasteiger partial charge in [-0.25, -0.2) is 0 Å². The summed E-state index contributed by atoms with van der Waals surface area (Å²) >= 11 is 0. The molecule has 2 aliphatic heterocycles. The second kappa shape index (κ2) is 11.3. The monoisotopic (exact) mass is 550 g/mol. The van der Waals surface area contributed by atoms with Crippen molar-refractivity contribution in [3.8, 4) is 22.6 Å². The molecule has 0 unspecified atom stereocenters. The fourth-order valence-electron chi connectivity index (χ4n) is 4.85. The number of piperazine rings is 1. The minimum atomic E-state index is -0.383. The van der Waals surface area contributed by atoms with Gasteiger partial charge in [-0.05, 0) is 68.1 Å². The molecule has 0 spiro atoms. The van der Waals surface area contributed by atoms with Crippen LogP contribution in [0.25, 0.3) is 11.1 Å². The van der Waals surface area contributed by atoms with Gasteiger partial charge in [-0.2, -0.15) is 0 Å². The summed E-state index contributed by atoms with van der Waals surface area (Å²) in [6.07, 6.45) is 0. The zero-order valence-corrected chi connectivity index (χ0v) is 22.9. The smallest absolute Gasteiger partial charge is 0.260 e. The molecule has 1 fully saturated rings. The number of aromatic nitrogens is 2. The summed E-state index contributed by atoms with van der Waals surface area (Å²) in [6.45, 7) is 5.68. The lowest BCUT2D eigenvalue weighted by atomic mass is 9.99. The van der Waals surface area contributed by atoms with Gasteiger partial charge in [-0.3, -0.25) is 9.59 Å². The standard InChI is InChI=1S/C31H30N6O4/c1-20-6-8-23(9-7-20)32-30(38)22-5-3-4-21(18-22)24-10-11-25(29-28(24)40-19-41-29)31(39)33-26-12-13-27(35-34-26)37-16-14-36(2)15-17-37/h3-13,18H,14-17,19H2,1-2H3,(H,32,38)(H,33,34,39). The van der Waals surface area contributed by atoms with Crippen LogP contribution in [0.3, 0.4) is 0 Å². The molecule has 2 amide bonds. The number of nitrogens with one attached hydrogen (secondary N) is 2. The summed E-state index contributed by atoms with van der Waals surface area (Å²) in [6, 6.07) is 22.0. The first-order chi connectivity index (χ1) is 19.9. The number of hydrogen-bond acceptors (Lipinski definition) is 8. The highest BCUT2D eigenvalue weighted by Crippen LogP contribution is 2.44. The van der Waals surface area contributed by atoms with Gasteiger partial charge in [-0.1, -0.05) is 29.8 Å². The van der Waals surface area contributed by atoms with Gasteiger partial charge in [-0.15, -0.1) is 10.2 Å². The first-order valence-electron chi connectivity index (χ1n) is 13.4. The molecule has 2 N–H and O–H groups in total. The van der Waals surface area contributed by atoms with Gasteiger partial charge in [0, 0.05) is 43.0 Å². The maximum Gasteiger partial charge on any atom is 0.260 e. The number of amides is 2. The van der Waals surface area contributed by atoms with E-state index in [9.17, 15) is 9.59 Å². The van der Waals surface area contributed by atoms with E-state index >= 15 is 0 Å². The van der Waals surface area contributed by atoms with Crippen molar-refractivity contribution in [3.63, 3.8) is 0 Å². The van der Waals surface area contributed by atoms with Gasteiger partial charge in [0.25, 0.3) is 11.8 Å². The van der Waals surface area contributed by atoms with Gasteiger partial charge in [0.05, 0.1) is 5.56 Å². The number of carbonyl (C=O) groups is 2. The number of likely N-dealkylation sites (N-methyl/N-ethyl adjacent to an activating group) is 1. The van der Waals surface area contributed by atoms with Crippen molar-refractivity contribution >= 4 is 29.1 Å². The fraction of sp³-hybridized carbons (Fsp3) is 0.226. The Bertz CT molecular complexity index is 1580. The van der Waals surface area contributed by atoms with Crippen molar-refractivity contribution in [1.82, 2.24) is 15.1 Å². The van der Waals surface area contributed by atoms with E-state index in [-0.39, 0.29) is 18.6 Å². The Hall–Kier alpha value is -4.96. The molecule has 0 aliphatic carbocycles. The van der Waals surface area contributed by atoms with Gasteiger partial charge in [0.15, 0.2) is 23.1 Å². The van der Waals surface area contributed by atoms with Gasteiger partial charge in [0.1, 0.15) is 0 Å². The number of ether oxygens (including phenoxy) is 2. The Morgan fingerprint density at radius 2 is 1.59 bits per heavy atom. The lowest BCUT2D eigenvalue weighted by Crippen LogP contribution is -2.44. The molecule has 41 heavy (non-hydrogen) atoms. The molecule has 0 atom stereocenters. The normalized spacial score (nSPS) is 14.5. The molecule has 4 aromatic rings. The van der Waals surface area contributed by atoms with Crippen molar-refractivity contribution in [1.29, 1.82) is 0 Å². The maximum atomic E-state index is 13.2. The minimum absolute atomic E-state index is 0.0141. The molecule has 208 valence electrons. The van der Waals surface area contributed by atoms with Crippen LogP contribution in [0.4, 0.5) is 17.3 Å². The third kappa shape index (κ3) is 5.68. The molecule has 1 saturated heterocycles. The molecule has 1 aromatic heterocycles. The van der Waals surface area contributed by atoms with E-state index in [1.165, 1.54) is 0 Å². The van der Waals surface area contributed by atoms with Gasteiger partial charge < -0.3 is 29.9 Å². The molecule has 2 aliphatic rings. The number of anilines is 3. The van der Waals surface area contributed by atoms with Gasteiger partial charge >= 0.3 is 0 Å². The zero-order valence-electron chi connectivity index (χ0n) is 22.9. The molecular weight excluding hydrogens is 520 g/mol. The van der Waals surface area contributed by atoms with Crippen LogP contribution in [-0.2, 0) is 0 Å². The number of nitrogens with zero attached hydrogens (tertiary/aromatic N) is 4. The number of carbonyl (C=O) groups excluding carboxylic acids is 2. The highest BCUT2D eigenvalue weighted by atomic mass is 16.7. The van der Waals surface area contributed by atoms with Crippen LogP contribution >= 0.6 is 0 Å². The Balaban J connectivity index is 1.18. The van der Waals surface area contributed by atoms with Crippen LogP contribution in [0, 0.1) is 6.92 Å². The van der Waals surface area contributed by atoms with E-state index in [2.05, 4.69) is 37.7 Å². The summed E-state index contributed by atoms with van der Waals surface area (Å²) in [5.41, 5.74) is 4.13. The second-order valence-electron chi connectivity index (χ2n) is 10.1.